The number of benzene rings is 1. The van der Waals surface area contributed by atoms with Gasteiger partial charge in [0.2, 0.25) is 0 Å². The Morgan fingerprint density at radius 3 is 2.86 bits per heavy atom. The Morgan fingerprint density at radius 2 is 2.29 bits per heavy atom. The van der Waals surface area contributed by atoms with Crippen molar-refractivity contribution in [2.45, 2.75) is 6.61 Å². The molecule has 0 aliphatic rings. The van der Waals surface area contributed by atoms with Crippen molar-refractivity contribution < 1.29 is 14.3 Å². The Balaban J connectivity index is 3.13. The van der Waals surface area contributed by atoms with Gasteiger partial charge in [0.05, 0.1) is 6.61 Å². The third-order valence-corrected chi connectivity index (χ3v) is 1.56. The first-order valence-corrected chi connectivity index (χ1v) is 3.84. The largest absolute Gasteiger partial charge is 0.392 e. The standard InChI is InChI=1S/C10H8FNO2/c11-9-3-1-8(6-13)7(5-9)2-4-10(12)14/h1,3,5,13H,6H2,(H2,12,14). The van der Waals surface area contributed by atoms with E-state index in [0.29, 0.717) is 5.56 Å². The van der Waals surface area contributed by atoms with E-state index in [4.69, 9.17) is 10.8 Å². The summed E-state index contributed by atoms with van der Waals surface area (Å²) < 4.78 is 12.7. The van der Waals surface area contributed by atoms with E-state index < -0.39 is 11.7 Å². The average Bonchev–Trinajstić information content (AvgIpc) is 2.15. The van der Waals surface area contributed by atoms with Crippen LogP contribution in [0.4, 0.5) is 4.39 Å². The number of rotatable bonds is 1. The predicted octanol–water partition coefficient (Wildman–Crippen LogP) is 0.155. The normalized spacial score (nSPS) is 9.00. The minimum atomic E-state index is -0.793. The van der Waals surface area contributed by atoms with Crippen LogP contribution in [0.25, 0.3) is 0 Å². The molecule has 72 valence electrons. The van der Waals surface area contributed by atoms with Gasteiger partial charge in [0.1, 0.15) is 5.82 Å². The van der Waals surface area contributed by atoms with Gasteiger partial charge in [-0.05, 0) is 23.6 Å². The van der Waals surface area contributed by atoms with E-state index in [0.717, 1.165) is 6.07 Å². The molecule has 3 nitrogen and oxygen atoms in total. The molecule has 0 atom stereocenters. The van der Waals surface area contributed by atoms with Crippen molar-refractivity contribution in [3.05, 3.63) is 35.1 Å². The number of aliphatic hydroxyl groups excluding tert-OH is 1. The molecule has 0 unspecified atom stereocenters. The molecule has 1 rings (SSSR count). The van der Waals surface area contributed by atoms with Crippen LogP contribution < -0.4 is 5.73 Å². The molecule has 0 saturated heterocycles. The monoisotopic (exact) mass is 193 g/mol. The summed E-state index contributed by atoms with van der Waals surface area (Å²) >= 11 is 0. The molecule has 0 aliphatic heterocycles. The van der Waals surface area contributed by atoms with Gasteiger partial charge in [-0.1, -0.05) is 12.0 Å². The number of amides is 1. The zero-order chi connectivity index (χ0) is 10.6. The van der Waals surface area contributed by atoms with Gasteiger partial charge in [-0.3, -0.25) is 4.79 Å². The Labute approximate surface area is 80.4 Å². The second-order valence-electron chi connectivity index (χ2n) is 2.57. The molecule has 1 amide bonds. The maximum Gasteiger partial charge on any atom is 0.293 e. The Morgan fingerprint density at radius 1 is 1.57 bits per heavy atom. The van der Waals surface area contributed by atoms with Crippen LogP contribution in [0.15, 0.2) is 18.2 Å². The number of primary amides is 1. The molecule has 4 heteroatoms. The SMILES string of the molecule is NC(=O)C#Cc1cc(F)ccc1CO. The lowest BCUT2D eigenvalue weighted by Gasteiger charge is -1.99. The lowest BCUT2D eigenvalue weighted by molar-refractivity contribution is -0.112. The Hall–Kier alpha value is -1.86. The van der Waals surface area contributed by atoms with Gasteiger partial charge in [-0.2, -0.15) is 0 Å². The van der Waals surface area contributed by atoms with Crippen molar-refractivity contribution >= 4 is 5.91 Å². The van der Waals surface area contributed by atoms with Crippen LogP contribution in [-0.2, 0) is 11.4 Å². The molecule has 0 aliphatic carbocycles. The molecule has 0 spiro atoms. The fourth-order valence-electron chi connectivity index (χ4n) is 0.932. The number of aliphatic hydroxyl groups is 1. The maximum atomic E-state index is 12.7. The highest BCUT2D eigenvalue weighted by Gasteiger charge is 2.00. The molecule has 0 bridgehead atoms. The van der Waals surface area contributed by atoms with Gasteiger partial charge in [0.25, 0.3) is 5.91 Å². The van der Waals surface area contributed by atoms with E-state index in [1.165, 1.54) is 12.1 Å². The van der Waals surface area contributed by atoms with Gasteiger partial charge in [-0.25, -0.2) is 4.39 Å². The molecular formula is C10H8FNO2. The lowest BCUT2D eigenvalue weighted by Crippen LogP contribution is -2.06. The molecule has 0 radical (unpaired) electrons. The lowest BCUT2D eigenvalue weighted by atomic mass is 10.1. The van der Waals surface area contributed by atoms with Crippen molar-refractivity contribution in [2.75, 3.05) is 0 Å². The highest BCUT2D eigenvalue weighted by molar-refractivity contribution is 5.92. The Bertz CT molecular complexity index is 418. The van der Waals surface area contributed by atoms with Crippen LogP contribution in [0.1, 0.15) is 11.1 Å². The van der Waals surface area contributed by atoms with Gasteiger partial charge in [-0.15, -0.1) is 0 Å². The van der Waals surface area contributed by atoms with Crippen molar-refractivity contribution in [1.29, 1.82) is 0 Å². The van der Waals surface area contributed by atoms with Gasteiger partial charge in [0, 0.05) is 5.56 Å². The zero-order valence-electron chi connectivity index (χ0n) is 7.25. The number of halogens is 1. The number of carbonyl (C=O) groups is 1. The van der Waals surface area contributed by atoms with Crippen molar-refractivity contribution in [3.63, 3.8) is 0 Å². The van der Waals surface area contributed by atoms with Crippen LogP contribution in [0.2, 0.25) is 0 Å². The average molecular weight is 193 g/mol. The van der Waals surface area contributed by atoms with Crippen LogP contribution >= 0.6 is 0 Å². The second-order valence-corrected chi connectivity index (χ2v) is 2.57. The summed E-state index contributed by atoms with van der Waals surface area (Å²) in [6.45, 7) is -0.261. The first kappa shape index (κ1) is 10.2. The van der Waals surface area contributed by atoms with E-state index in [1.54, 1.807) is 0 Å². The fraction of sp³-hybridized carbons (Fsp3) is 0.100. The maximum absolute atomic E-state index is 12.7. The van der Waals surface area contributed by atoms with E-state index in [1.807, 2.05) is 0 Å². The second kappa shape index (κ2) is 4.40. The molecule has 0 fully saturated rings. The minimum absolute atomic E-state index is 0.261. The topological polar surface area (TPSA) is 63.3 Å². The molecule has 0 saturated carbocycles. The van der Waals surface area contributed by atoms with Gasteiger partial charge >= 0.3 is 0 Å². The number of hydrogen-bond acceptors (Lipinski definition) is 2. The van der Waals surface area contributed by atoms with Crippen LogP contribution in [-0.4, -0.2) is 11.0 Å². The fourth-order valence-corrected chi connectivity index (χ4v) is 0.932. The first-order valence-electron chi connectivity index (χ1n) is 3.84. The zero-order valence-corrected chi connectivity index (χ0v) is 7.25. The number of nitrogens with two attached hydrogens (primary N) is 1. The molecule has 1 aromatic rings. The quantitative estimate of drug-likeness (QED) is 0.624. The summed E-state index contributed by atoms with van der Waals surface area (Å²) in [6.07, 6.45) is 0. The highest BCUT2D eigenvalue weighted by atomic mass is 19.1. The summed E-state index contributed by atoms with van der Waals surface area (Å²) in [5.74, 6) is 3.19. The van der Waals surface area contributed by atoms with Gasteiger partial charge < -0.3 is 10.8 Å². The summed E-state index contributed by atoms with van der Waals surface area (Å²) in [6, 6.07) is 3.75. The molecular weight excluding hydrogens is 185 g/mol. The summed E-state index contributed by atoms with van der Waals surface area (Å²) in [7, 11) is 0. The van der Waals surface area contributed by atoms with Crippen molar-refractivity contribution in [1.82, 2.24) is 0 Å². The first-order chi connectivity index (χ1) is 6.63. The van der Waals surface area contributed by atoms with Crippen LogP contribution in [0.5, 0.6) is 0 Å². The molecule has 1 aromatic carbocycles. The summed E-state index contributed by atoms with van der Waals surface area (Å²) in [4.78, 5) is 10.3. The Kier molecular flexibility index (Phi) is 3.21. The van der Waals surface area contributed by atoms with Crippen molar-refractivity contribution in [2.24, 2.45) is 5.73 Å². The third-order valence-electron chi connectivity index (χ3n) is 1.56. The highest BCUT2D eigenvalue weighted by Crippen LogP contribution is 2.09. The van der Waals surface area contributed by atoms with Gasteiger partial charge in [0.15, 0.2) is 0 Å². The minimum Gasteiger partial charge on any atom is -0.392 e. The summed E-state index contributed by atoms with van der Waals surface area (Å²) in [5.41, 5.74) is 5.53. The van der Waals surface area contributed by atoms with E-state index in [-0.39, 0.29) is 12.2 Å². The molecule has 0 aromatic heterocycles. The van der Waals surface area contributed by atoms with Crippen LogP contribution in [0.3, 0.4) is 0 Å². The van der Waals surface area contributed by atoms with E-state index in [2.05, 4.69) is 11.8 Å². The number of carbonyl (C=O) groups excluding carboxylic acids is 1. The summed E-state index contributed by atoms with van der Waals surface area (Å²) in [5, 5.41) is 8.87. The molecule has 0 heterocycles. The molecule has 3 N–H and O–H groups in total. The van der Waals surface area contributed by atoms with E-state index in [9.17, 15) is 9.18 Å². The third kappa shape index (κ3) is 2.57. The smallest absolute Gasteiger partial charge is 0.293 e. The van der Waals surface area contributed by atoms with E-state index >= 15 is 0 Å². The predicted molar refractivity (Wildman–Crippen MR) is 48.4 cm³/mol. The number of hydrogen-bond donors (Lipinski definition) is 2. The molecule has 14 heavy (non-hydrogen) atoms. The van der Waals surface area contributed by atoms with Crippen LogP contribution in [0, 0.1) is 17.7 Å². The van der Waals surface area contributed by atoms with Crippen molar-refractivity contribution in [3.8, 4) is 11.8 Å².